The van der Waals surface area contributed by atoms with E-state index < -0.39 is 0 Å². The average Bonchev–Trinajstić information content (AvgIpc) is 3.06. The molecular formula is C16H27N3O2S. The molecular weight excluding hydrogens is 298 g/mol. The Kier molecular flexibility index (Phi) is 6.32. The summed E-state index contributed by atoms with van der Waals surface area (Å²) in [5, 5.41) is 3.90. The molecule has 0 spiro atoms. The summed E-state index contributed by atoms with van der Waals surface area (Å²) in [6.07, 6.45) is 2.34. The van der Waals surface area contributed by atoms with Crippen LogP contribution in [0.4, 0.5) is 0 Å². The largest absolute Gasteiger partial charge is 0.376 e. The van der Waals surface area contributed by atoms with Crippen LogP contribution in [0.5, 0.6) is 0 Å². The second-order valence-corrected chi connectivity index (χ2v) is 7.24. The number of aryl methyl sites for hydroxylation is 1. The number of aromatic nitrogens is 2. The molecule has 0 bridgehead atoms. The molecule has 1 fully saturated rings. The molecule has 0 radical (unpaired) electrons. The fourth-order valence-corrected chi connectivity index (χ4v) is 3.46. The number of carbonyl (C=O) groups is 1. The van der Waals surface area contributed by atoms with E-state index in [-0.39, 0.29) is 12.0 Å². The molecule has 5 nitrogen and oxygen atoms in total. The van der Waals surface area contributed by atoms with Crippen molar-refractivity contribution >= 4 is 17.7 Å². The van der Waals surface area contributed by atoms with E-state index in [0.717, 1.165) is 36.8 Å². The number of rotatable bonds is 7. The smallest absolute Gasteiger partial charge is 0.230 e. The van der Waals surface area contributed by atoms with E-state index in [4.69, 9.17) is 4.74 Å². The van der Waals surface area contributed by atoms with Gasteiger partial charge in [-0.05, 0) is 32.6 Å². The minimum atomic E-state index is 0.0508. The molecule has 0 aromatic carbocycles. The van der Waals surface area contributed by atoms with Gasteiger partial charge in [0, 0.05) is 25.4 Å². The van der Waals surface area contributed by atoms with Crippen molar-refractivity contribution in [1.29, 1.82) is 0 Å². The third-order valence-corrected chi connectivity index (χ3v) is 4.83. The number of imidazole rings is 1. The van der Waals surface area contributed by atoms with Crippen LogP contribution in [0.3, 0.4) is 0 Å². The lowest BCUT2D eigenvalue weighted by Gasteiger charge is -2.13. The van der Waals surface area contributed by atoms with Crippen LogP contribution in [-0.2, 0) is 16.1 Å². The number of nitrogens with zero attached hydrogens (tertiary/aromatic N) is 2. The Balaban J connectivity index is 1.84. The summed E-state index contributed by atoms with van der Waals surface area (Å²) in [4.78, 5) is 16.6. The lowest BCUT2D eigenvalue weighted by Crippen LogP contribution is -2.33. The van der Waals surface area contributed by atoms with Crippen molar-refractivity contribution in [3.8, 4) is 0 Å². The average molecular weight is 325 g/mol. The summed E-state index contributed by atoms with van der Waals surface area (Å²) in [5.41, 5.74) is 2.24. The summed E-state index contributed by atoms with van der Waals surface area (Å²) in [5.74, 6) is 1.01. The van der Waals surface area contributed by atoms with Gasteiger partial charge in [0.15, 0.2) is 5.16 Å². The Morgan fingerprint density at radius 3 is 2.91 bits per heavy atom. The molecule has 1 aromatic heterocycles. The summed E-state index contributed by atoms with van der Waals surface area (Å²) >= 11 is 1.51. The normalized spacial score (nSPS) is 18.1. The molecule has 1 N–H and O–H groups in total. The first kappa shape index (κ1) is 17.3. The third kappa shape index (κ3) is 4.74. The first-order valence-electron chi connectivity index (χ1n) is 8.02. The highest BCUT2D eigenvalue weighted by Crippen LogP contribution is 2.22. The van der Waals surface area contributed by atoms with Gasteiger partial charge in [0.05, 0.1) is 17.6 Å². The molecule has 22 heavy (non-hydrogen) atoms. The van der Waals surface area contributed by atoms with Gasteiger partial charge >= 0.3 is 0 Å². The fourth-order valence-electron chi connectivity index (χ4n) is 2.53. The Morgan fingerprint density at radius 1 is 1.50 bits per heavy atom. The van der Waals surface area contributed by atoms with E-state index in [1.807, 2.05) is 6.92 Å². The molecule has 1 saturated heterocycles. The van der Waals surface area contributed by atoms with Gasteiger partial charge in [-0.25, -0.2) is 4.98 Å². The number of hydrogen-bond donors (Lipinski definition) is 1. The first-order chi connectivity index (χ1) is 10.5. The maximum absolute atomic E-state index is 12.0. The molecule has 1 aliphatic rings. The van der Waals surface area contributed by atoms with Gasteiger partial charge in [0.25, 0.3) is 0 Å². The third-order valence-electron chi connectivity index (χ3n) is 3.85. The van der Waals surface area contributed by atoms with Gasteiger partial charge in [0.1, 0.15) is 0 Å². The minimum Gasteiger partial charge on any atom is -0.376 e. The van der Waals surface area contributed by atoms with Crippen LogP contribution in [0, 0.1) is 19.8 Å². The lowest BCUT2D eigenvalue weighted by molar-refractivity contribution is -0.119. The highest BCUT2D eigenvalue weighted by molar-refractivity contribution is 7.99. The molecule has 0 unspecified atom stereocenters. The first-order valence-corrected chi connectivity index (χ1v) is 9.00. The zero-order chi connectivity index (χ0) is 16.1. The molecule has 0 saturated carbocycles. The fraction of sp³-hybridized carbons (Fsp3) is 0.750. The molecule has 1 aromatic rings. The van der Waals surface area contributed by atoms with E-state index in [0.29, 0.717) is 18.2 Å². The summed E-state index contributed by atoms with van der Waals surface area (Å²) < 4.78 is 7.73. The molecule has 6 heteroatoms. The summed E-state index contributed by atoms with van der Waals surface area (Å²) in [6, 6.07) is 0. The van der Waals surface area contributed by atoms with Crippen LogP contribution in [0.1, 0.15) is 38.1 Å². The van der Waals surface area contributed by atoms with Gasteiger partial charge in [0.2, 0.25) is 5.91 Å². The topological polar surface area (TPSA) is 56.1 Å². The molecule has 2 rings (SSSR count). The summed E-state index contributed by atoms with van der Waals surface area (Å²) in [6.45, 7) is 10.9. The number of thioether (sulfide) groups is 1. The van der Waals surface area contributed by atoms with E-state index >= 15 is 0 Å². The van der Waals surface area contributed by atoms with Crippen molar-refractivity contribution in [3.05, 3.63) is 11.4 Å². The molecule has 1 aliphatic heterocycles. The van der Waals surface area contributed by atoms with Crippen LogP contribution >= 0.6 is 11.8 Å². The molecule has 1 amide bonds. The predicted octanol–water partition coefficient (Wildman–Crippen LogP) is 2.54. The molecule has 1 atom stereocenters. The number of ether oxygens (including phenoxy) is 1. The highest BCUT2D eigenvalue weighted by Gasteiger charge is 2.17. The van der Waals surface area contributed by atoms with Gasteiger partial charge in [-0.1, -0.05) is 25.6 Å². The monoisotopic (exact) mass is 325 g/mol. The minimum absolute atomic E-state index is 0.0508. The van der Waals surface area contributed by atoms with E-state index in [1.54, 1.807) is 0 Å². The number of carbonyl (C=O) groups excluding carboxylic acids is 1. The zero-order valence-electron chi connectivity index (χ0n) is 14.0. The maximum Gasteiger partial charge on any atom is 0.230 e. The molecule has 2 heterocycles. The van der Waals surface area contributed by atoms with Crippen molar-refractivity contribution in [2.75, 3.05) is 18.9 Å². The Bertz CT molecular complexity index is 508. The number of hydrogen-bond acceptors (Lipinski definition) is 4. The molecule has 124 valence electrons. The predicted molar refractivity (Wildman–Crippen MR) is 89.2 cm³/mol. The van der Waals surface area contributed by atoms with Crippen LogP contribution in [0.15, 0.2) is 5.16 Å². The highest BCUT2D eigenvalue weighted by atomic mass is 32.2. The van der Waals surface area contributed by atoms with Crippen molar-refractivity contribution in [2.24, 2.45) is 5.92 Å². The summed E-state index contributed by atoms with van der Waals surface area (Å²) in [7, 11) is 0. The standard InChI is InChI=1S/C16H27N3O2S/c1-11(2)9-19-13(4)12(3)18-16(19)22-10-15(20)17-8-14-6-5-7-21-14/h11,14H,5-10H2,1-4H3,(H,17,20)/t14-/m1/s1. The van der Waals surface area contributed by atoms with Crippen LogP contribution < -0.4 is 5.32 Å². The van der Waals surface area contributed by atoms with E-state index in [2.05, 4.69) is 35.6 Å². The van der Waals surface area contributed by atoms with Crippen LogP contribution in [-0.4, -0.2) is 40.5 Å². The lowest BCUT2D eigenvalue weighted by atomic mass is 10.2. The van der Waals surface area contributed by atoms with Gasteiger partial charge in [-0.3, -0.25) is 4.79 Å². The van der Waals surface area contributed by atoms with Crippen LogP contribution in [0.2, 0.25) is 0 Å². The van der Waals surface area contributed by atoms with E-state index in [9.17, 15) is 4.79 Å². The second-order valence-electron chi connectivity index (χ2n) is 6.30. The zero-order valence-corrected chi connectivity index (χ0v) is 14.8. The number of amides is 1. The van der Waals surface area contributed by atoms with E-state index in [1.165, 1.54) is 17.5 Å². The quantitative estimate of drug-likeness (QED) is 0.783. The Hall–Kier alpha value is -1.01. The van der Waals surface area contributed by atoms with Crippen molar-refractivity contribution < 1.29 is 9.53 Å². The Labute approximate surface area is 137 Å². The number of nitrogens with one attached hydrogen (secondary N) is 1. The SMILES string of the molecule is Cc1nc(SCC(=O)NC[C@H]2CCCO2)n(CC(C)C)c1C. The van der Waals surface area contributed by atoms with Gasteiger partial charge in [-0.15, -0.1) is 0 Å². The molecule has 0 aliphatic carbocycles. The van der Waals surface area contributed by atoms with Gasteiger partial charge in [-0.2, -0.15) is 0 Å². The van der Waals surface area contributed by atoms with Crippen molar-refractivity contribution in [1.82, 2.24) is 14.9 Å². The van der Waals surface area contributed by atoms with Crippen LogP contribution in [0.25, 0.3) is 0 Å². The maximum atomic E-state index is 12.0. The second kappa shape index (κ2) is 8.02. The Morgan fingerprint density at radius 2 is 2.27 bits per heavy atom. The van der Waals surface area contributed by atoms with Gasteiger partial charge < -0.3 is 14.6 Å². The van der Waals surface area contributed by atoms with Crippen molar-refractivity contribution in [3.63, 3.8) is 0 Å². The van der Waals surface area contributed by atoms with Crippen molar-refractivity contribution in [2.45, 2.75) is 58.3 Å².